The molecular weight excluding hydrogens is 548 g/mol. The van der Waals surface area contributed by atoms with Crippen molar-refractivity contribution >= 4 is 28.3 Å². The maximum atomic E-state index is 13.9. The fourth-order valence-corrected chi connectivity index (χ4v) is 5.58. The Labute approximate surface area is 221 Å². The normalized spacial score (nSPS) is 18.2. The van der Waals surface area contributed by atoms with Crippen molar-refractivity contribution in [2.45, 2.75) is 24.8 Å². The summed E-state index contributed by atoms with van der Waals surface area (Å²) in [7, 11) is 0. The number of hydrogen-bond donors (Lipinski definition) is 3. The predicted octanol–water partition coefficient (Wildman–Crippen LogP) is 3.07. The standard InChI is InChI=1S/C25H21F6N5O2S/c26-24(27,28)16-3-1-14(19(9-16)25(29,30)31)8-18(13-2-4-20-15(7-13)10-33-35-20)21-22(38)34-23(39-21)36-6-5-32-17(11-36)12-37/h1-4,7,9-10,17,32,37-38H,5-6,8,11-12H2/t17-/m0/s1. The number of aromatic hydroxyl groups is 1. The zero-order valence-corrected chi connectivity index (χ0v) is 20.8. The fraction of sp³-hybridized carbons (Fsp3) is 0.320. The van der Waals surface area contributed by atoms with Crippen molar-refractivity contribution in [3.63, 3.8) is 0 Å². The van der Waals surface area contributed by atoms with E-state index in [4.69, 9.17) is 0 Å². The molecule has 0 saturated carbocycles. The maximum absolute atomic E-state index is 13.9. The van der Waals surface area contributed by atoms with E-state index in [-0.39, 0.29) is 34.7 Å². The molecule has 0 radical (unpaired) electrons. The molecular formula is C25H21F6N5O2S. The molecule has 3 aromatic rings. The second-order valence-electron chi connectivity index (χ2n) is 9.07. The number of aromatic nitrogens is 1. The van der Waals surface area contributed by atoms with Gasteiger partial charge in [-0.15, -0.1) is 0 Å². The van der Waals surface area contributed by atoms with Gasteiger partial charge >= 0.3 is 12.4 Å². The number of nitrogens with zero attached hydrogens (tertiary/aromatic N) is 4. The van der Waals surface area contributed by atoms with Crippen LogP contribution in [0, 0.1) is 0 Å². The average molecular weight is 570 g/mol. The van der Waals surface area contributed by atoms with Crippen molar-refractivity contribution in [1.29, 1.82) is 0 Å². The van der Waals surface area contributed by atoms with E-state index >= 15 is 0 Å². The molecule has 1 fully saturated rings. The summed E-state index contributed by atoms with van der Waals surface area (Å²) in [5.74, 6) is -0.414. The van der Waals surface area contributed by atoms with Crippen molar-refractivity contribution in [3.05, 3.63) is 74.1 Å². The molecule has 1 aromatic heterocycles. The molecule has 1 atom stereocenters. The molecule has 3 heterocycles. The largest absolute Gasteiger partial charge is 0.492 e. The predicted molar refractivity (Wildman–Crippen MR) is 132 cm³/mol. The van der Waals surface area contributed by atoms with Crippen LogP contribution in [-0.4, -0.2) is 53.7 Å². The van der Waals surface area contributed by atoms with E-state index in [0.29, 0.717) is 47.0 Å². The van der Waals surface area contributed by atoms with Gasteiger partial charge in [-0.05, 0) is 40.6 Å². The molecule has 0 amide bonds. The van der Waals surface area contributed by atoms with Crippen molar-refractivity contribution < 1.29 is 36.6 Å². The van der Waals surface area contributed by atoms with E-state index in [1.54, 1.807) is 18.2 Å². The summed E-state index contributed by atoms with van der Waals surface area (Å²) in [5.41, 5.74) is -2.36. The van der Waals surface area contributed by atoms with Crippen LogP contribution < -0.4 is 20.8 Å². The summed E-state index contributed by atoms with van der Waals surface area (Å²) >= 11 is 1.05. The molecule has 5 rings (SSSR count). The number of thiazole rings is 1. The first kappa shape index (κ1) is 27.1. The molecule has 0 spiro atoms. The van der Waals surface area contributed by atoms with Crippen LogP contribution in [0.3, 0.4) is 0 Å². The van der Waals surface area contributed by atoms with Gasteiger partial charge < -0.3 is 20.4 Å². The van der Waals surface area contributed by atoms with Gasteiger partial charge in [-0.3, -0.25) is 0 Å². The highest BCUT2D eigenvalue weighted by Crippen LogP contribution is 2.41. The number of anilines is 1. The molecule has 2 aliphatic rings. The highest BCUT2D eigenvalue weighted by molar-refractivity contribution is 7.17. The Bertz CT molecular complexity index is 1550. The van der Waals surface area contributed by atoms with Gasteiger partial charge in [0.1, 0.15) is 0 Å². The number of halogens is 6. The lowest BCUT2D eigenvalue weighted by Crippen LogP contribution is -2.52. The lowest BCUT2D eigenvalue weighted by molar-refractivity contribution is -0.143. The van der Waals surface area contributed by atoms with Crippen LogP contribution in [-0.2, 0) is 18.8 Å². The second kappa shape index (κ2) is 10.2. The third kappa shape index (κ3) is 5.63. The Morgan fingerprint density at radius 3 is 2.59 bits per heavy atom. The maximum Gasteiger partial charge on any atom is 0.416 e. The van der Waals surface area contributed by atoms with Crippen LogP contribution in [0.15, 0.2) is 46.6 Å². The number of aliphatic hydroxyl groups is 1. The molecule has 3 N–H and O–H groups in total. The molecule has 0 aliphatic carbocycles. The summed E-state index contributed by atoms with van der Waals surface area (Å²) in [6.07, 6.45) is -8.96. The quantitative estimate of drug-likeness (QED) is 0.411. The fourth-order valence-electron chi connectivity index (χ4n) is 4.52. The van der Waals surface area contributed by atoms with Gasteiger partial charge in [-0.1, -0.05) is 23.5 Å². The lowest BCUT2D eigenvalue weighted by atomic mass is 9.94. The molecule has 1 saturated heterocycles. The first-order valence-electron chi connectivity index (χ1n) is 11.7. The zero-order chi connectivity index (χ0) is 27.9. The van der Waals surface area contributed by atoms with Gasteiger partial charge in [0.25, 0.3) is 0 Å². The number of nitrogens with one attached hydrogen (secondary N) is 1. The van der Waals surface area contributed by atoms with Gasteiger partial charge in [-0.25, -0.2) is 0 Å². The first-order chi connectivity index (χ1) is 18.4. The summed E-state index contributed by atoms with van der Waals surface area (Å²) < 4.78 is 81.6. The van der Waals surface area contributed by atoms with Crippen LogP contribution in [0.4, 0.5) is 31.5 Å². The molecule has 39 heavy (non-hydrogen) atoms. The van der Waals surface area contributed by atoms with Gasteiger partial charge in [0.2, 0.25) is 5.88 Å². The van der Waals surface area contributed by atoms with E-state index in [2.05, 4.69) is 20.5 Å². The number of benzene rings is 2. The highest BCUT2D eigenvalue weighted by atomic mass is 32.1. The molecule has 7 nitrogen and oxygen atoms in total. The van der Waals surface area contributed by atoms with Gasteiger partial charge in [0, 0.05) is 37.7 Å². The summed E-state index contributed by atoms with van der Waals surface area (Å²) in [4.78, 5) is 6.26. The van der Waals surface area contributed by atoms with Gasteiger partial charge in [0.15, 0.2) is 5.13 Å². The van der Waals surface area contributed by atoms with Crippen LogP contribution in [0.25, 0.3) is 5.57 Å². The third-order valence-electron chi connectivity index (χ3n) is 6.47. The van der Waals surface area contributed by atoms with E-state index < -0.39 is 35.8 Å². The minimum Gasteiger partial charge on any atom is -0.492 e. The number of alkyl halides is 6. The summed E-state index contributed by atoms with van der Waals surface area (Å²) in [6.45, 7) is 1.35. The number of piperazine rings is 1. The average Bonchev–Trinajstić information content (AvgIpc) is 3.52. The van der Waals surface area contributed by atoms with Gasteiger partial charge in [-0.2, -0.15) is 41.5 Å². The van der Waals surface area contributed by atoms with Gasteiger partial charge in [0.05, 0.1) is 34.2 Å². The van der Waals surface area contributed by atoms with E-state index in [0.717, 1.165) is 17.4 Å². The van der Waals surface area contributed by atoms with Crippen molar-refractivity contribution in [2.24, 2.45) is 10.2 Å². The third-order valence-corrected chi connectivity index (χ3v) is 7.63. The first-order valence-corrected chi connectivity index (χ1v) is 12.6. The van der Waals surface area contributed by atoms with Crippen LogP contribution in [0.1, 0.15) is 27.1 Å². The number of aliphatic hydroxyl groups excluding tert-OH is 1. The summed E-state index contributed by atoms with van der Waals surface area (Å²) in [5, 5.41) is 32.7. The Balaban J connectivity index is 1.65. The van der Waals surface area contributed by atoms with Crippen molar-refractivity contribution in [1.82, 2.24) is 10.3 Å². The SMILES string of the molecule is OC[C@@H]1CN(c2nc(O)c(C(Cc3ccc(C(F)(F)F)cc3C(F)(F)F)=c3ccc4c(c3)C=NN=4)s2)CCN1. The molecule has 14 heteroatoms. The van der Waals surface area contributed by atoms with E-state index in [9.17, 15) is 36.6 Å². The van der Waals surface area contributed by atoms with Crippen LogP contribution in [0.5, 0.6) is 5.88 Å². The Kier molecular flexibility index (Phi) is 7.11. The minimum atomic E-state index is -5.05. The molecule has 2 aliphatic heterocycles. The topological polar surface area (TPSA) is 93.3 Å². The minimum absolute atomic E-state index is 0.106. The number of fused-ring (bicyclic) bond motifs is 1. The van der Waals surface area contributed by atoms with Crippen molar-refractivity contribution in [3.8, 4) is 5.88 Å². The number of rotatable bonds is 5. The lowest BCUT2D eigenvalue weighted by Gasteiger charge is -2.32. The van der Waals surface area contributed by atoms with Crippen LogP contribution >= 0.6 is 11.3 Å². The molecule has 0 unspecified atom stereocenters. The Hall–Kier alpha value is -3.49. The van der Waals surface area contributed by atoms with E-state index in [1.807, 2.05) is 4.90 Å². The number of hydrogen-bond acceptors (Lipinski definition) is 8. The van der Waals surface area contributed by atoms with Crippen LogP contribution in [0.2, 0.25) is 0 Å². The monoisotopic (exact) mass is 569 g/mol. The highest BCUT2D eigenvalue weighted by Gasteiger charge is 2.38. The second-order valence-corrected chi connectivity index (χ2v) is 10.0. The molecule has 206 valence electrons. The van der Waals surface area contributed by atoms with Crippen molar-refractivity contribution in [2.75, 3.05) is 31.1 Å². The molecule has 0 bridgehead atoms. The Morgan fingerprint density at radius 2 is 1.87 bits per heavy atom. The smallest absolute Gasteiger partial charge is 0.416 e. The Morgan fingerprint density at radius 1 is 1.08 bits per heavy atom. The van der Waals surface area contributed by atoms with E-state index in [1.165, 1.54) is 6.21 Å². The summed E-state index contributed by atoms with van der Waals surface area (Å²) in [6, 6.07) is 6.19. The zero-order valence-electron chi connectivity index (χ0n) is 20.0. The molecule has 2 aromatic carbocycles.